The molecule has 0 bridgehead atoms. The summed E-state index contributed by atoms with van der Waals surface area (Å²) in [4.78, 5) is 15.6. The van der Waals surface area contributed by atoms with E-state index in [9.17, 15) is 13.2 Å². The van der Waals surface area contributed by atoms with Crippen molar-refractivity contribution < 1.29 is 13.2 Å². The summed E-state index contributed by atoms with van der Waals surface area (Å²) in [6, 6.07) is 7.81. The van der Waals surface area contributed by atoms with Crippen molar-refractivity contribution in [3.05, 3.63) is 30.3 Å². The Bertz CT molecular complexity index is 733. The van der Waals surface area contributed by atoms with E-state index in [0.29, 0.717) is 25.4 Å². The average Bonchev–Trinajstić information content (AvgIpc) is 2.73. The van der Waals surface area contributed by atoms with Crippen LogP contribution in [0.15, 0.2) is 35.2 Å². The number of hydrogen-bond donors (Lipinski definition) is 1. The monoisotopic (exact) mass is 407 g/mol. The summed E-state index contributed by atoms with van der Waals surface area (Å²) in [5.41, 5.74) is 0. The number of nitrogens with zero attached hydrogens (tertiary/aromatic N) is 2. The lowest BCUT2D eigenvalue weighted by molar-refractivity contribution is -0.125. The summed E-state index contributed by atoms with van der Waals surface area (Å²) in [7, 11) is -3.65. The predicted molar refractivity (Wildman–Crippen MR) is 110 cm³/mol. The molecular weight excluding hydrogens is 374 g/mol. The summed E-state index contributed by atoms with van der Waals surface area (Å²) < 4.78 is 27.5. The number of likely N-dealkylation sites (tertiary alicyclic amines) is 1. The summed E-state index contributed by atoms with van der Waals surface area (Å²) in [6.45, 7) is 6.41. The highest BCUT2D eigenvalue weighted by Gasteiger charge is 2.37. The van der Waals surface area contributed by atoms with Crippen LogP contribution in [0.5, 0.6) is 0 Å². The zero-order valence-electron chi connectivity index (χ0n) is 16.8. The zero-order chi connectivity index (χ0) is 20.0. The number of benzene rings is 1. The molecule has 1 amide bonds. The fraction of sp³-hybridized carbons (Fsp3) is 0.667. The largest absolute Gasteiger partial charge is 0.354 e. The Morgan fingerprint density at radius 2 is 1.75 bits per heavy atom. The fourth-order valence-electron chi connectivity index (χ4n) is 4.22. The molecular formula is C21H33N3O3S. The van der Waals surface area contributed by atoms with E-state index in [0.717, 1.165) is 32.5 Å². The van der Waals surface area contributed by atoms with Crippen molar-refractivity contribution in [1.82, 2.24) is 14.5 Å². The van der Waals surface area contributed by atoms with Crippen LogP contribution in [0.4, 0.5) is 0 Å². The van der Waals surface area contributed by atoms with Crippen LogP contribution >= 0.6 is 0 Å². The third-order valence-corrected chi connectivity index (χ3v) is 7.67. The summed E-state index contributed by atoms with van der Waals surface area (Å²) in [6.07, 6.45) is 6.08. The van der Waals surface area contributed by atoms with E-state index in [4.69, 9.17) is 0 Å². The smallest absolute Gasteiger partial charge is 0.243 e. The Morgan fingerprint density at radius 1 is 1.07 bits per heavy atom. The second-order valence-electron chi connectivity index (χ2n) is 8.15. The lowest BCUT2D eigenvalue weighted by Gasteiger charge is -2.34. The first-order valence-corrected chi connectivity index (χ1v) is 12.0. The van der Waals surface area contributed by atoms with Crippen molar-refractivity contribution in [2.75, 3.05) is 32.7 Å². The van der Waals surface area contributed by atoms with Gasteiger partial charge in [-0.3, -0.25) is 4.79 Å². The molecule has 1 N–H and O–H groups in total. The van der Waals surface area contributed by atoms with E-state index in [2.05, 4.69) is 17.1 Å². The maximum atomic E-state index is 13.0. The molecule has 7 heteroatoms. The molecule has 2 fully saturated rings. The van der Waals surface area contributed by atoms with Crippen LogP contribution < -0.4 is 5.32 Å². The first-order valence-electron chi connectivity index (χ1n) is 10.6. The van der Waals surface area contributed by atoms with Crippen molar-refractivity contribution in [2.24, 2.45) is 5.92 Å². The third kappa shape index (κ3) is 5.33. The van der Waals surface area contributed by atoms with Crippen LogP contribution in [-0.2, 0) is 14.8 Å². The Labute approximate surface area is 169 Å². The van der Waals surface area contributed by atoms with Crippen LogP contribution in [0.25, 0.3) is 0 Å². The van der Waals surface area contributed by atoms with Gasteiger partial charge in [0.25, 0.3) is 0 Å². The molecule has 0 aliphatic carbocycles. The van der Waals surface area contributed by atoms with Crippen molar-refractivity contribution in [2.45, 2.75) is 56.4 Å². The van der Waals surface area contributed by atoms with E-state index < -0.39 is 16.1 Å². The minimum Gasteiger partial charge on any atom is -0.354 e. The van der Waals surface area contributed by atoms with Crippen LogP contribution in [0.1, 0.15) is 45.4 Å². The zero-order valence-corrected chi connectivity index (χ0v) is 17.7. The van der Waals surface area contributed by atoms with Gasteiger partial charge in [-0.15, -0.1) is 0 Å². The van der Waals surface area contributed by atoms with E-state index in [1.807, 2.05) is 0 Å². The maximum Gasteiger partial charge on any atom is 0.243 e. The Hall–Kier alpha value is -1.44. The van der Waals surface area contributed by atoms with Crippen molar-refractivity contribution in [3.8, 4) is 0 Å². The van der Waals surface area contributed by atoms with Gasteiger partial charge < -0.3 is 10.2 Å². The Kier molecular flexibility index (Phi) is 7.48. The second-order valence-corrected chi connectivity index (χ2v) is 10.0. The number of sulfonamides is 1. The second kappa shape index (κ2) is 9.85. The van der Waals surface area contributed by atoms with E-state index in [-0.39, 0.29) is 10.8 Å². The third-order valence-electron chi connectivity index (χ3n) is 5.75. The predicted octanol–water partition coefficient (Wildman–Crippen LogP) is 2.47. The highest BCUT2D eigenvalue weighted by Crippen LogP contribution is 2.25. The van der Waals surface area contributed by atoms with Gasteiger partial charge in [0.2, 0.25) is 15.9 Å². The van der Waals surface area contributed by atoms with Gasteiger partial charge in [-0.05, 0) is 56.8 Å². The average molecular weight is 408 g/mol. The first kappa shape index (κ1) is 21.3. The normalized spacial score (nSPS) is 23.2. The molecule has 156 valence electrons. The van der Waals surface area contributed by atoms with Gasteiger partial charge in [0.1, 0.15) is 6.04 Å². The molecule has 1 aromatic rings. The van der Waals surface area contributed by atoms with E-state index in [1.165, 1.54) is 23.6 Å². The van der Waals surface area contributed by atoms with Gasteiger partial charge in [-0.2, -0.15) is 4.31 Å². The summed E-state index contributed by atoms with van der Waals surface area (Å²) in [5.74, 6) is 0.189. The number of amides is 1. The van der Waals surface area contributed by atoms with Crippen LogP contribution in [0.3, 0.4) is 0 Å². The van der Waals surface area contributed by atoms with Crippen molar-refractivity contribution in [1.29, 1.82) is 0 Å². The van der Waals surface area contributed by atoms with E-state index in [1.54, 1.807) is 30.3 Å². The van der Waals surface area contributed by atoms with Gasteiger partial charge in [0, 0.05) is 19.6 Å². The molecule has 6 nitrogen and oxygen atoms in total. The number of carbonyl (C=O) groups excluding carboxylic acids is 1. The molecule has 0 saturated carbocycles. The van der Waals surface area contributed by atoms with Crippen LogP contribution in [0.2, 0.25) is 0 Å². The minimum absolute atomic E-state index is 0.162. The molecule has 0 aromatic heterocycles. The highest BCUT2D eigenvalue weighted by atomic mass is 32.2. The number of hydrogen-bond acceptors (Lipinski definition) is 4. The number of nitrogens with one attached hydrogen (secondary N) is 1. The quantitative estimate of drug-likeness (QED) is 0.754. The lowest BCUT2D eigenvalue weighted by atomic mass is 10.0. The van der Waals surface area contributed by atoms with Crippen LogP contribution in [-0.4, -0.2) is 62.3 Å². The first-order chi connectivity index (χ1) is 13.5. The van der Waals surface area contributed by atoms with Gasteiger partial charge in [0.05, 0.1) is 4.90 Å². The van der Waals surface area contributed by atoms with Gasteiger partial charge >= 0.3 is 0 Å². The molecule has 28 heavy (non-hydrogen) atoms. The SMILES string of the molecule is CC(CNC(=O)C1CCCCN1S(=O)(=O)c1ccccc1)CN1CCCCC1. The number of rotatable bonds is 7. The fourth-order valence-corrected chi connectivity index (χ4v) is 5.90. The standard InChI is InChI=1S/C21H33N3O3S/c1-18(17-23-13-7-3-8-14-23)16-22-21(25)20-12-6-9-15-24(20)28(26,27)19-10-4-2-5-11-19/h2,4-5,10-11,18,20H,3,6-9,12-17H2,1H3,(H,22,25). The molecule has 2 unspecified atom stereocenters. The molecule has 2 atom stereocenters. The van der Waals surface area contributed by atoms with Crippen LogP contribution in [0, 0.1) is 5.92 Å². The topological polar surface area (TPSA) is 69.7 Å². The number of carbonyl (C=O) groups is 1. The van der Waals surface area contributed by atoms with Crippen molar-refractivity contribution in [3.63, 3.8) is 0 Å². The molecule has 0 radical (unpaired) electrons. The molecule has 1 aromatic carbocycles. The highest BCUT2D eigenvalue weighted by molar-refractivity contribution is 7.89. The minimum atomic E-state index is -3.65. The van der Waals surface area contributed by atoms with Gasteiger partial charge in [-0.25, -0.2) is 8.42 Å². The van der Waals surface area contributed by atoms with Gasteiger partial charge in [0.15, 0.2) is 0 Å². The Morgan fingerprint density at radius 3 is 2.46 bits per heavy atom. The maximum absolute atomic E-state index is 13.0. The molecule has 3 rings (SSSR count). The molecule has 2 heterocycles. The summed E-state index contributed by atoms with van der Waals surface area (Å²) in [5, 5.41) is 3.02. The molecule has 0 spiro atoms. The summed E-state index contributed by atoms with van der Waals surface area (Å²) >= 11 is 0. The molecule has 2 aliphatic rings. The Balaban J connectivity index is 1.59. The number of piperidine rings is 2. The van der Waals surface area contributed by atoms with Gasteiger partial charge in [-0.1, -0.05) is 38.0 Å². The lowest BCUT2D eigenvalue weighted by Crippen LogP contribution is -2.52. The molecule has 2 saturated heterocycles. The van der Waals surface area contributed by atoms with E-state index >= 15 is 0 Å². The molecule has 2 aliphatic heterocycles. The van der Waals surface area contributed by atoms with Crippen molar-refractivity contribution >= 4 is 15.9 Å².